The zero-order chi connectivity index (χ0) is 16.8. The highest BCUT2D eigenvalue weighted by Crippen LogP contribution is 2.13. The molecule has 0 fully saturated rings. The number of amides is 1. The minimum Gasteiger partial charge on any atom is -0.444 e. The van der Waals surface area contributed by atoms with Gasteiger partial charge < -0.3 is 15.0 Å². The summed E-state index contributed by atoms with van der Waals surface area (Å²) in [4.78, 5) is 13.5. The van der Waals surface area contributed by atoms with Gasteiger partial charge in [-0.1, -0.05) is 31.2 Å². The summed E-state index contributed by atoms with van der Waals surface area (Å²) in [6, 6.07) is 8.92. The van der Waals surface area contributed by atoms with Crippen molar-refractivity contribution in [3.8, 4) is 0 Å². The molecule has 1 rings (SSSR count). The maximum absolute atomic E-state index is 11.9. The average molecular weight is 306 g/mol. The Hall–Kier alpha value is -1.55. The predicted octanol–water partition coefficient (Wildman–Crippen LogP) is 3.77. The highest BCUT2D eigenvalue weighted by Gasteiger charge is 2.19. The second-order valence-electron chi connectivity index (χ2n) is 6.67. The summed E-state index contributed by atoms with van der Waals surface area (Å²) in [6.45, 7) is 11.3. The van der Waals surface area contributed by atoms with Crippen molar-refractivity contribution in [1.29, 1.82) is 0 Å². The minimum absolute atomic E-state index is 0.262. The van der Waals surface area contributed by atoms with Gasteiger partial charge >= 0.3 is 6.09 Å². The van der Waals surface area contributed by atoms with E-state index in [1.165, 1.54) is 11.1 Å². The lowest BCUT2D eigenvalue weighted by atomic mass is 10.1. The second-order valence-corrected chi connectivity index (χ2v) is 6.67. The number of nitrogens with one attached hydrogen (secondary N) is 1. The molecule has 0 saturated carbocycles. The number of hydrogen-bond acceptors (Lipinski definition) is 3. The summed E-state index contributed by atoms with van der Waals surface area (Å²) in [6.07, 6.45) is 0.775. The lowest BCUT2D eigenvalue weighted by molar-refractivity contribution is 0.0299. The van der Waals surface area contributed by atoms with Crippen LogP contribution in [-0.2, 0) is 11.2 Å². The number of carbonyl (C=O) groups excluding carboxylic acids is 1. The van der Waals surface area contributed by atoms with Crippen molar-refractivity contribution in [3.05, 3.63) is 35.4 Å². The normalized spacial score (nSPS) is 12.8. The van der Waals surface area contributed by atoms with Crippen LogP contribution in [-0.4, -0.2) is 36.7 Å². The summed E-state index contributed by atoms with van der Waals surface area (Å²) in [5.74, 6) is 0. The van der Waals surface area contributed by atoms with E-state index in [9.17, 15) is 4.79 Å². The first-order valence-corrected chi connectivity index (χ1v) is 7.99. The van der Waals surface area contributed by atoms with E-state index in [1.54, 1.807) is 11.9 Å². The van der Waals surface area contributed by atoms with Crippen LogP contribution in [0.15, 0.2) is 24.3 Å². The first-order chi connectivity index (χ1) is 10.2. The lowest BCUT2D eigenvalue weighted by Gasteiger charge is -2.25. The Balaban J connectivity index is 2.37. The number of benzene rings is 1. The van der Waals surface area contributed by atoms with E-state index in [4.69, 9.17) is 4.74 Å². The van der Waals surface area contributed by atoms with Crippen molar-refractivity contribution in [2.24, 2.45) is 0 Å². The van der Waals surface area contributed by atoms with Gasteiger partial charge in [0.15, 0.2) is 0 Å². The van der Waals surface area contributed by atoms with Crippen molar-refractivity contribution < 1.29 is 9.53 Å². The monoisotopic (exact) mass is 306 g/mol. The second kappa shape index (κ2) is 8.18. The zero-order valence-electron chi connectivity index (χ0n) is 14.8. The number of nitrogens with zero attached hydrogens (tertiary/aromatic N) is 1. The third-order valence-corrected chi connectivity index (χ3v) is 3.49. The SMILES string of the molecule is CCc1ccc(C(C)NCCN(C)C(=O)OC(C)(C)C)cc1. The first kappa shape index (κ1) is 18.5. The maximum atomic E-state index is 11.9. The summed E-state index contributed by atoms with van der Waals surface area (Å²) in [5.41, 5.74) is 2.16. The van der Waals surface area contributed by atoms with Crippen LogP contribution >= 0.6 is 0 Å². The largest absolute Gasteiger partial charge is 0.444 e. The molecule has 1 aromatic rings. The van der Waals surface area contributed by atoms with Crippen LogP contribution in [0.25, 0.3) is 0 Å². The number of rotatable bonds is 6. The van der Waals surface area contributed by atoms with Gasteiger partial charge in [0.1, 0.15) is 5.60 Å². The molecular formula is C18H30N2O2. The topological polar surface area (TPSA) is 41.6 Å². The Morgan fingerprint density at radius 1 is 1.27 bits per heavy atom. The van der Waals surface area contributed by atoms with E-state index in [0.29, 0.717) is 6.54 Å². The fraction of sp³-hybridized carbons (Fsp3) is 0.611. The zero-order valence-corrected chi connectivity index (χ0v) is 14.8. The predicted molar refractivity (Wildman–Crippen MR) is 91.1 cm³/mol. The molecule has 0 aromatic heterocycles. The molecule has 1 unspecified atom stereocenters. The fourth-order valence-corrected chi connectivity index (χ4v) is 2.04. The molecule has 0 bridgehead atoms. The quantitative estimate of drug-likeness (QED) is 0.870. The number of carbonyl (C=O) groups is 1. The number of likely N-dealkylation sites (N-methyl/N-ethyl adjacent to an activating group) is 1. The molecule has 22 heavy (non-hydrogen) atoms. The van der Waals surface area contributed by atoms with Crippen LogP contribution in [0, 0.1) is 0 Å². The van der Waals surface area contributed by atoms with Gasteiger partial charge in [-0.15, -0.1) is 0 Å². The van der Waals surface area contributed by atoms with Crippen LogP contribution in [0.2, 0.25) is 0 Å². The highest BCUT2D eigenvalue weighted by atomic mass is 16.6. The molecule has 1 amide bonds. The Morgan fingerprint density at radius 3 is 2.36 bits per heavy atom. The van der Waals surface area contributed by atoms with Crippen molar-refractivity contribution in [2.75, 3.05) is 20.1 Å². The first-order valence-electron chi connectivity index (χ1n) is 7.99. The molecule has 1 N–H and O–H groups in total. The standard InChI is InChI=1S/C18H30N2O2/c1-7-15-8-10-16(11-9-15)14(2)19-12-13-20(6)17(21)22-18(3,4)5/h8-11,14,19H,7,12-13H2,1-6H3. The molecule has 0 aliphatic carbocycles. The fourth-order valence-electron chi connectivity index (χ4n) is 2.04. The number of aryl methyl sites for hydroxylation is 1. The van der Waals surface area contributed by atoms with Crippen molar-refractivity contribution in [2.45, 2.75) is 52.7 Å². The third-order valence-electron chi connectivity index (χ3n) is 3.49. The summed E-state index contributed by atoms with van der Waals surface area (Å²) < 4.78 is 5.33. The molecule has 0 aliphatic heterocycles. The number of hydrogen-bond donors (Lipinski definition) is 1. The van der Waals surface area contributed by atoms with Gasteiger partial charge in [-0.2, -0.15) is 0 Å². The van der Waals surface area contributed by atoms with Crippen LogP contribution in [0.3, 0.4) is 0 Å². The molecule has 0 saturated heterocycles. The van der Waals surface area contributed by atoms with Crippen molar-refractivity contribution >= 4 is 6.09 Å². The molecule has 0 radical (unpaired) electrons. The summed E-state index contributed by atoms with van der Waals surface area (Å²) in [7, 11) is 1.76. The lowest BCUT2D eigenvalue weighted by Crippen LogP contribution is -2.38. The van der Waals surface area contributed by atoms with E-state index in [2.05, 4.69) is 43.4 Å². The van der Waals surface area contributed by atoms with Crippen LogP contribution < -0.4 is 5.32 Å². The molecule has 4 heteroatoms. The smallest absolute Gasteiger partial charge is 0.410 e. The van der Waals surface area contributed by atoms with E-state index >= 15 is 0 Å². The van der Waals surface area contributed by atoms with E-state index < -0.39 is 5.60 Å². The van der Waals surface area contributed by atoms with Gasteiger partial charge in [0, 0.05) is 26.2 Å². The van der Waals surface area contributed by atoms with Crippen LogP contribution in [0.5, 0.6) is 0 Å². The van der Waals surface area contributed by atoms with Crippen LogP contribution in [0.1, 0.15) is 51.8 Å². The molecule has 124 valence electrons. The van der Waals surface area contributed by atoms with E-state index in [-0.39, 0.29) is 12.1 Å². The van der Waals surface area contributed by atoms with E-state index in [1.807, 2.05) is 20.8 Å². The van der Waals surface area contributed by atoms with Gasteiger partial charge in [0.2, 0.25) is 0 Å². The van der Waals surface area contributed by atoms with Gasteiger partial charge in [0.05, 0.1) is 0 Å². The molecule has 0 aliphatic rings. The Bertz CT molecular complexity index is 463. The molecule has 0 spiro atoms. The van der Waals surface area contributed by atoms with Crippen LogP contribution in [0.4, 0.5) is 4.79 Å². The average Bonchev–Trinajstić information content (AvgIpc) is 2.45. The summed E-state index contributed by atoms with van der Waals surface area (Å²) in [5, 5.41) is 3.44. The van der Waals surface area contributed by atoms with E-state index in [0.717, 1.165) is 13.0 Å². The Kier molecular flexibility index (Phi) is 6.88. The third kappa shape index (κ3) is 6.48. The van der Waals surface area contributed by atoms with Gasteiger partial charge in [-0.05, 0) is 45.2 Å². The molecule has 4 nitrogen and oxygen atoms in total. The highest BCUT2D eigenvalue weighted by molar-refractivity contribution is 5.67. The maximum Gasteiger partial charge on any atom is 0.410 e. The summed E-state index contributed by atoms with van der Waals surface area (Å²) >= 11 is 0. The van der Waals surface area contributed by atoms with Crippen molar-refractivity contribution in [1.82, 2.24) is 10.2 Å². The Morgan fingerprint density at radius 2 is 1.86 bits per heavy atom. The molecule has 1 atom stereocenters. The van der Waals surface area contributed by atoms with Gasteiger partial charge in [0.25, 0.3) is 0 Å². The Labute approximate surface area is 134 Å². The number of ether oxygens (including phenoxy) is 1. The molecule has 1 aromatic carbocycles. The van der Waals surface area contributed by atoms with Gasteiger partial charge in [-0.25, -0.2) is 4.79 Å². The van der Waals surface area contributed by atoms with Gasteiger partial charge in [-0.3, -0.25) is 0 Å². The molecule has 0 heterocycles. The molecular weight excluding hydrogens is 276 g/mol. The minimum atomic E-state index is -0.451. The van der Waals surface area contributed by atoms with Crippen molar-refractivity contribution in [3.63, 3.8) is 0 Å².